The molecule has 274 valence electrons. The molecular weight excluding hydrogens is 729 g/mol. The van der Waals surface area contributed by atoms with Gasteiger partial charge in [0.15, 0.2) is 0 Å². The first kappa shape index (κ1) is 35.8. The standard InChI is InChI=1S/C43H36N6O4S2/c1-48(31-16-18-37-34(22-31)44-25-54-37)41(52)36(20-27-10-5-3-6-11-27)46-39(50)29-14-9-15-30(21-29)40(51)47-43(24-33(43)28-12-7-4-8-13-28)42(53)49(2)32-17-19-38-35(23-32)45-26-55-38/h3-19,21-23,25-26,33,36H,20,24H2,1-2H3,(H,46,50)(H,47,51)/t33?,36-,43+/m0/s1. The lowest BCUT2D eigenvalue weighted by Crippen LogP contribution is -2.51. The van der Waals surface area contributed by atoms with Crippen molar-refractivity contribution in [3.05, 3.63) is 155 Å². The molecule has 3 atom stereocenters. The Morgan fingerprint density at radius 2 is 1.29 bits per heavy atom. The van der Waals surface area contributed by atoms with Gasteiger partial charge in [-0.3, -0.25) is 19.2 Å². The van der Waals surface area contributed by atoms with E-state index in [0.29, 0.717) is 17.8 Å². The van der Waals surface area contributed by atoms with Gasteiger partial charge >= 0.3 is 0 Å². The van der Waals surface area contributed by atoms with Crippen LogP contribution in [0, 0.1) is 0 Å². The Morgan fingerprint density at radius 3 is 1.93 bits per heavy atom. The van der Waals surface area contributed by atoms with E-state index in [-0.39, 0.29) is 35.3 Å². The number of nitrogens with zero attached hydrogens (tertiary/aromatic N) is 4. The van der Waals surface area contributed by atoms with Gasteiger partial charge in [0, 0.05) is 48.9 Å². The van der Waals surface area contributed by atoms with Crippen LogP contribution in [0.15, 0.2) is 132 Å². The largest absolute Gasteiger partial charge is 0.340 e. The number of hydrogen-bond donors (Lipinski definition) is 2. The molecule has 4 amide bonds. The molecule has 0 spiro atoms. The molecule has 2 heterocycles. The number of rotatable bonds is 11. The van der Waals surface area contributed by atoms with E-state index in [1.165, 1.54) is 33.6 Å². The van der Waals surface area contributed by atoms with Gasteiger partial charge in [0.05, 0.1) is 31.5 Å². The smallest absolute Gasteiger partial charge is 0.253 e. The van der Waals surface area contributed by atoms with E-state index in [1.807, 2.05) is 97.1 Å². The Morgan fingerprint density at radius 1 is 0.709 bits per heavy atom. The van der Waals surface area contributed by atoms with Gasteiger partial charge < -0.3 is 20.4 Å². The highest BCUT2D eigenvalue weighted by atomic mass is 32.1. The summed E-state index contributed by atoms with van der Waals surface area (Å²) in [5.41, 5.74) is 7.46. The Labute approximate surface area is 325 Å². The summed E-state index contributed by atoms with van der Waals surface area (Å²) in [6.07, 6.45) is 0.667. The molecule has 0 bridgehead atoms. The van der Waals surface area contributed by atoms with E-state index in [9.17, 15) is 19.2 Å². The molecule has 55 heavy (non-hydrogen) atoms. The normalized spacial score (nSPS) is 16.7. The minimum Gasteiger partial charge on any atom is -0.340 e. The summed E-state index contributed by atoms with van der Waals surface area (Å²) in [5.74, 6) is -1.80. The lowest BCUT2D eigenvalue weighted by molar-refractivity contribution is -0.121. The predicted molar refractivity (Wildman–Crippen MR) is 218 cm³/mol. The highest BCUT2D eigenvalue weighted by Gasteiger charge is 2.62. The van der Waals surface area contributed by atoms with Crippen molar-refractivity contribution >= 4 is 78.1 Å². The van der Waals surface area contributed by atoms with E-state index < -0.39 is 23.4 Å². The molecule has 10 nitrogen and oxygen atoms in total. The maximum Gasteiger partial charge on any atom is 0.253 e. The monoisotopic (exact) mass is 764 g/mol. The number of amides is 4. The number of aromatic nitrogens is 2. The summed E-state index contributed by atoms with van der Waals surface area (Å²) < 4.78 is 2.03. The van der Waals surface area contributed by atoms with Crippen molar-refractivity contribution in [1.82, 2.24) is 20.6 Å². The van der Waals surface area contributed by atoms with Crippen LogP contribution in [0.1, 0.15) is 44.2 Å². The highest BCUT2D eigenvalue weighted by Crippen LogP contribution is 2.53. The Balaban J connectivity index is 1.03. The number of thiazole rings is 2. The molecule has 1 aliphatic carbocycles. The Hall–Kier alpha value is -6.24. The number of hydrogen-bond acceptors (Lipinski definition) is 8. The number of anilines is 2. The van der Waals surface area contributed by atoms with Gasteiger partial charge in [-0.2, -0.15) is 0 Å². The van der Waals surface area contributed by atoms with Crippen LogP contribution >= 0.6 is 22.7 Å². The zero-order chi connectivity index (χ0) is 38.1. The van der Waals surface area contributed by atoms with Crippen LogP contribution in [0.5, 0.6) is 0 Å². The fourth-order valence-corrected chi connectivity index (χ4v) is 8.35. The number of fused-ring (bicyclic) bond motifs is 2. The summed E-state index contributed by atoms with van der Waals surface area (Å²) in [6.45, 7) is 0. The van der Waals surface area contributed by atoms with E-state index >= 15 is 0 Å². The van der Waals surface area contributed by atoms with Crippen LogP contribution in [-0.2, 0) is 16.0 Å². The Bertz CT molecular complexity index is 2560. The number of benzene rings is 5. The van der Waals surface area contributed by atoms with E-state index in [0.717, 1.165) is 31.6 Å². The fraction of sp³-hybridized carbons (Fsp3) is 0.163. The second kappa shape index (κ2) is 14.9. The average molecular weight is 765 g/mol. The van der Waals surface area contributed by atoms with Crippen LogP contribution in [-0.4, -0.2) is 59.3 Å². The average Bonchev–Trinajstić information content (AvgIpc) is 3.50. The summed E-state index contributed by atoms with van der Waals surface area (Å²) in [5, 5.41) is 6.02. The van der Waals surface area contributed by atoms with Gasteiger partial charge in [-0.1, -0.05) is 66.7 Å². The Kier molecular flexibility index (Phi) is 9.68. The van der Waals surface area contributed by atoms with Gasteiger partial charge in [-0.15, -0.1) is 22.7 Å². The van der Waals surface area contributed by atoms with Crippen molar-refractivity contribution < 1.29 is 19.2 Å². The lowest BCUT2D eigenvalue weighted by Gasteiger charge is -2.26. The van der Waals surface area contributed by atoms with Gasteiger partial charge in [0.1, 0.15) is 11.6 Å². The van der Waals surface area contributed by atoms with E-state index in [1.54, 1.807) is 48.2 Å². The number of carbonyl (C=O) groups excluding carboxylic acids is 4. The quantitative estimate of drug-likeness (QED) is 0.143. The van der Waals surface area contributed by atoms with E-state index in [2.05, 4.69) is 20.6 Å². The molecule has 12 heteroatoms. The van der Waals surface area contributed by atoms with Crippen LogP contribution in [0.4, 0.5) is 11.4 Å². The lowest BCUT2D eigenvalue weighted by atomic mass is 10.0. The van der Waals surface area contributed by atoms with Crippen molar-refractivity contribution in [2.45, 2.75) is 30.3 Å². The molecule has 0 saturated heterocycles. The molecule has 1 aliphatic rings. The second-order valence-corrected chi connectivity index (χ2v) is 15.4. The first-order chi connectivity index (χ1) is 26.7. The predicted octanol–water partition coefficient (Wildman–Crippen LogP) is 7.23. The van der Waals surface area contributed by atoms with Crippen molar-refractivity contribution in [1.29, 1.82) is 0 Å². The minimum atomic E-state index is -1.21. The van der Waals surface area contributed by atoms with E-state index in [4.69, 9.17) is 0 Å². The SMILES string of the molecule is CN(C(=O)[C@H](Cc1ccccc1)NC(=O)c1cccc(C(=O)N[C@]2(C(=O)N(C)c3ccc4scnc4c3)CC2c2ccccc2)c1)c1ccc2scnc2c1. The van der Waals surface area contributed by atoms with Crippen LogP contribution in [0.25, 0.3) is 20.4 Å². The van der Waals surface area contributed by atoms with Crippen molar-refractivity contribution in [3.8, 4) is 0 Å². The molecule has 1 saturated carbocycles. The van der Waals surface area contributed by atoms with Gasteiger partial charge in [0.2, 0.25) is 5.91 Å². The number of carbonyl (C=O) groups is 4. The number of likely N-dealkylation sites (N-methyl/N-ethyl adjacent to an activating group) is 2. The molecule has 0 radical (unpaired) electrons. The third-order valence-electron chi connectivity index (χ3n) is 10.2. The molecule has 5 aromatic carbocycles. The van der Waals surface area contributed by atoms with Crippen LogP contribution in [0.2, 0.25) is 0 Å². The molecule has 1 fully saturated rings. The third kappa shape index (κ3) is 7.21. The molecule has 7 aromatic rings. The molecular formula is C43H36N6O4S2. The van der Waals surface area contributed by atoms with Gasteiger partial charge in [0.25, 0.3) is 17.7 Å². The number of nitrogens with one attached hydrogen (secondary N) is 2. The van der Waals surface area contributed by atoms with Gasteiger partial charge in [-0.25, -0.2) is 9.97 Å². The van der Waals surface area contributed by atoms with Gasteiger partial charge in [-0.05, 0) is 72.1 Å². The summed E-state index contributed by atoms with van der Waals surface area (Å²) in [7, 11) is 3.38. The second-order valence-electron chi connectivity index (χ2n) is 13.7. The molecule has 2 N–H and O–H groups in total. The summed E-state index contributed by atoms with van der Waals surface area (Å²) >= 11 is 3.05. The van der Waals surface area contributed by atoms with Crippen molar-refractivity contribution in [2.24, 2.45) is 0 Å². The van der Waals surface area contributed by atoms with Crippen molar-refractivity contribution in [2.75, 3.05) is 23.9 Å². The maximum atomic E-state index is 14.4. The zero-order valence-corrected chi connectivity index (χ0v) is 31.6. The summed E-state index contributed by atoms with van der Waals surface area (Å²) in [4.78, 5) is 68.2. The molecule has 8 rings (SSSR count). The van der Waals surface area contributed by atoms with Crippen molar-refractivity contribution in [3.63, 3.8) is 0 Å². The summed E-state index contributed by atoms with van der Waals surface area (Å²) in [6, 6.07) is 35.9. The molecule has 2 aromatic heterocycles. The van der Waals surface area contributed by atoms with Crippen LogP contribution < -0.4 is 20.4 Å². The maximum absolute atomic E-state index is 14.4. The first-order valence-corrected chi connectivity index (χ1v) is 19.5. The molecule has 0 aliphatic heterocycles. The first-order valence-electron chi connectivity index (χ1n) is 17.7. The van der Waals surface area contributed by atoms with Crippen LogP contribution in [0.3, 0.4) is 0 Å². The minimum absolute atomic E-state index is 0.203. The fourth-order valence-electron chi connectivity index (χ4n) is 7.03. The topological polar surface area (TPSA) is 125 Å². The third-order valence-corrected chi connectivity index (χ3v) is 11.8. The molecule has 1 unspecified atom stereocenters. The highest BCUT2D eigenvalue weighted by molar-refractivity contribution is 7.17. The zero-order valence-electron chi connectivity index (χ0n) is 30.0.